The molecule has 0 spiro atoms. The molecule has 0 saturated heterocycles. The first-order chi connectivity index (χ1) is 7.12. The van der Waals surface area contributed by atoms with Gasteiger partial charge in [-0.05, 0) is 32.1 Å². The van der Waals surface area contributed by atoms with Gasteiger partial charge in [0.15, 0.2) is 0 Å². The number of esters is 1. The molecule has 1 aliphatic carbocycles. The summed E-state index contributed by atoms with van der Waals surface area (Å²) in [4.78, 5) is 11.3. The Morgan fingerprint density at radius 1 is 1.47 bits per heavy atom. The average Bonchev–Trinajstić information content (AvgIpc) is 2.30. The molecule has 0 aliphatic heterocycles. The summed E-state index contributed by atoms with van der Waals surface area (Å²) in [6.07, 6.45) is 8.39. The van der Waals surface area contributed by atoms with Gasteiger partial charge in [0, 0.05) is 6.08 Å². The Balaban J connectivity index is 2.64. The zero-order valence-electron chi connectivity index (χ0n) is 9.92. The highest BCUT2D eigenvalue weighted by molar-refractivity contribution is 5.81. The van der Waals surface area contributed by atoms with E-state index in [0.717, 1.165) is 6.42 Å². The number of hydrogen-bond acceptors (Lipinski definition) is 2. The standard InChI is InChI=1S/C13H22O2/c1-4-12(14)15-13(3,5-2)11-9-7-6-8-10-11/h4,11H,1,5-10H2,2-3H3. The Morgan fingerprint density at radius 3 is 2.53 bits per heavy atom. The average molecular weight is 210 g/mol. The van der Waals surface area contributed by atoms with Gasteiger partial charge in [-0.2, -0.15) is 0 Å². The Morgan fingerprint density at radius 2 is 2.07 bits per heavy atom. The Labute approximate surface area is 92.7 Å². The van der Waals surface area contributed by atoms with Crippen LogP contribution in [0, 0.1) is 5.92 Å². The predicted octanol–water partition coefficient (Wildman–Crippen LogP) is 3.46. The maximum absolute atomic E-state index is 11.3. The van der Waals surface area contributed by atoms with Crippen molar-refractivity contribution in [1.82, 2.24) is 0 Å². The topological polar surface area (TPSA) is 26.3 Å². The van der Waals surface area contributed by atoms with Crippen LogP contribution < -0.4 is 0 Å². The van der Waals surface area contributed by atoms with E-state index in [4.69, 9.17) is 4.74 Å². The van der Waals surface area contributed by atoms with E-state index in [1.54, 1.807) is 0 Å². The van der Waals surface area contributed by atoms with Crippen molar-refractivity contribution in [2.75, 3.05) is 0 Å². The third kappa shape index (κ3) is 3.08. The van der Waals surface area contributed by atoms with Gasteiger partial charge in [0.05, 0.1) is 0 Å². The zero-order valence-corrected chi connectivity index (χ0v) is 9.92. The minimum atomic E-state index is -0.287. The summed E-state index contributed by atoms with van der Waals surface area (Å²) in [5.41, 5.74) is -0.286. The van der Waals surface area contributed by atoms with Gasteiger partial charge in [-0.25, -0.2) is 4.79 Å². The van der Waals surface area contributed by atoms with Gasteiger partial charge >= 0.3 is 5.97 Å². The summed E-state index contributed by atoms with van der Waals surface area (Å²) >= 11 is 0. The summed E-state index contributed by atoms with van der Waals surface area (Å²) in [5, 5.41) is 0. The molecule has 0 bridgehead atoms. The van der Waals surface area contributed by atoms with Crippen LogP contribution in [0.25, 0.3) is 0 Å². The molecule has 0 aromatic heterocycles. The van der Waals surface area contributed by atoms with Gasteiger partial charge in [0.1, 0.15) is 5.60 Å². The van der Waals surface area contributed by atoms with Crippen LogP contribution in [0.4, 0.5) is 0 Å². The molecule has 2 nitrogen and oxygen atoms in total. The van der Waals surface area contributed by atoms with E-state index >= 15 is 0 Å². The van der Waals surface area contributed by atoms with Crippen molar-refractivity contribution in [1.29, 1.82) is 0 Å². The molecule has 86 valence electrons. The van der Waals surface area contributed by atoms with Crippen LogP contribution in [0.1, 0.15) is 52.4 Å². The minimum Gasteiger partial charge on any atom is -0.456 e. The van der Waals surface area contributed by atoms with Crippen LogP contribution in [0.2, 0.25) is 0 Å². The van der Waals surface area contributed by atoms with Crippen LogP contribution in [0.3, 0.4) is 0 Å². The molecule has 1 saturated carbocycles. The molecule has 1 fully saturated rings. The van der Waals surface area contributed by atoms with Crippen molar-refractivity contribution in [2.24, 2.45) is 5.92 Å². The van der Waals surface area contributed by atoms with E-state index < -0.39 is 0 Å². The van der Waals surface area contributed by atoms with Gasteiger partial charge in [0.2, 0.25) is 0 Å². The summed E-state index contributed by atoms with van der Waals surface area (Å²) in [7, 11) is 0. The fourth-order valence-electron chi connectivity index (χ4n) is 2.43. The molecule has 0 radical (unpaired) electrons. The lowest BCUT2D eigenvalue weighted by Crippen LogP contribution is -2.39. The molecule has 2 heteroatoms. The van der Waals surface area contributed by atoms with Crippen LogP contribution in [0.15, 0.2) is 12.7 Å². The summed E-state index contributed by atoms with van der Waals surface area (Å²) in [6, 6.07) is 0. The molecule has 0 heterocycles. The lowest BCUT2D eigenvalue weighted by Gasteiger charge is -2.38. The Kier molecular flexibility index (Phi) is 4.37. The highest BCUT2D eigenvalue weighted by Crippen LogP contribution is 2.37. The van der Waals surface area contributed by atoms with E-state index in [9.17, 15) is 4.79 Å². The number of ether oxygens (including phenoxy) is 1. The van der Waals surface area contributed by atoms with Crippen molar-refractivity contribution in [2.45, 2.75) is 58.0 Å². The first-order valence-electron chi connectivity index (χ1n) is 5.98. The highest BCUT2D eigenvalue weighted by Gasteiger charge is 2.36. The van der Waals surface area contributed by atoms with Crippen LogP contribution >= 0.6 is 0 Å². The largest absolute Gasteiger partial charge is 0.456 e. The van der Waals surface area contributed by atoms with E-state index in [0.29, 0.717) is 5.92 Å². The van der Waals surface area contributed by atoms with Crippen LogP contribution in [0.5, 0.6) is 0 Å². The highest BCUT2D eigenvalue weighted by atomic mass is 16.6. The lowest BCUT2D eigenvalue weighted by atomic mass is 9.76. The first-order valence-corrected chi connectivity index (χ1v) is 5.98. The third-order valence-electron chi connectivity index (χ3n) is 3.67. The molecule has 0 N–H and O–H groups in total. The molecule has 1 atom stereocenters. The monoisotopic (exact) mass is 210 g/mol. The minimum absolute atomic E-state index is 0.286. The third-order valence-corrected chi connectivity index (χ3v) is 3.67. The maximum atomic E-state index is 11.3. The second-order valence-electron chi connectivity index (χ2n) is 4.63. The SMILES string of the molecule is C=CC(=O)OC(C)(CC)C1CCCCC1. The van der Waals surface area contributed by atoms with E-state index in [1.165, 1.54) is 38.2 Å². The molecule has 0 amide bonds. The smallest absolute Gasteiger partial charge is 0.330 e. The number of carbonyl (C=O) groups excluding carboxylic acids is 1. The van der Waals surface area contributed by atoms with E-state index in [2.05, 4.69) is 20.4 Å². The van der Waals surface area contributed by atoms with Crippen molar-refractivity contribution in [3.05, 3.63) is 12.7 Å². The maximum Gasteiger partial charge on any atom is 0.330 e. The first kappa shape index (κ1) is 12.3. The second-order valence-corrected chi connectivity index (χ2v) is 4.63. The summed E-state index contributed by atoms with van der Waals surface area (Å²) in [6.45, 7) is 7.60. The fourth-order valence-corrected chi connectivity index (χ4v) is 2.43. The normalized spacial score (nSPS) is 21.7. The molecule has 15 heavy (non-hydrogen) atoms. The molecule has 1 rings (SSSR count). The molecular weight excluding hydrogens is 188 g/mol. The van der Waals surface area contributed by atoms with Crippen molar-refractivity contribution in [3.8, 4) is 0 Å². The fraction of sp³-hybridized carbons (Fsp3) is 0.769. The van der Waals surface area contributed by atoms with Crippen LogP contribution in [-0.4, -0.2) is 11.6 Å². The molecule has 0 aromatic rings. The van der Waals surface area contributed by atoms with Crippen LogP contribution in [-0.2, 0) is 9.53 Å². The van der Waals surface area contributed by atoms with E-state index in [-0.39, 0.29) is 11.6 Å². The molecule has 0 aromatic carbocycles. The van der Waals surface area contributed by atoms with Gasteiger partial charge in [-0.1, -0.05) is 32.8 Å². The number of carbonyl (C=O) groups is 1. The number of hydrogen-bond donors (Lipinski definition) is 0. The molecule has 1 unspecified atom stereocenters. The molecular formula is C13H22O2. The van der Waals surface area contributed by atoms with Gasteiger partial charge in [-0.15, -0.1) is 0 Å². The lowest BCUT2D eigenvalue weighted by molar-refractivity contribution is -0.159. The van der Waals surface area contributed by atoms with Gasteiger partial charge in [-0.3, -0.25) is 0 Å². The quantitative estimate of drug-likeness (QED) is 0.524. The Hall–Kier alpha value is -0.790. The Bertz CT molecular complexity index is 229. The zero-order chi connectivity index (χ0) is 11.3. The second kappa shape index (κ2) is 5.34. The molecule has 1 aliphatic rings. The van der Waals surface area contributed by atoms with Crippen molar-refractivity contribution in [3.63, 3.8) is 0 Å². The van der Waals surface area contributed by atoms with Crippen molar-refractivity contribution < 1.29 is 9.53 Å². The summed E-state index contributed by atoms with van der Waals surface area (Å²) < 4.78 is 5.52. The van der Waals surface area contributed by atoms with Gasteiger partial charge < -0.3 is 4.74 Å². The predicted molar refractivity (Wildman–Crippen MR) is 61.6 cm³/mol. The summed E-state index contributed by atoms with van der Waals surface area (Å²) in [5.74, 6) is 0.241. The van der Waals surface area contributed by atoms with Crippen molar-refractivity contribution >= 4 is 5.97 Å². The van der Waals surface area contributed by atoms with E-state index in [1.807, 2.05) is 0 Å². The van der Waals surface area contributed by atoms with Gasteiger partial charge in [0.25, 0.3) is 0 Å². The number of rotatable bonds is 4.